The van der Waals surface area contributed by atoms with Gasteiger partial charge >= 0.3 is 0 Å². The summed E-state index contributed by atoms with van der Waals surface area (Å²) < 4.78 is 10.6. The number of aryl methyl sites for hydroxylation is 1. The zero-order chi connectivity index (χ0) is 12.4. The molecule has 3 N–H and O–H groups in total. The molecule has 0 aliphatic carbocycles. The Labute approximate surface area is 104 Å². The number of hydrogen-bond acceptors (Lipinski definition) is 6. The van der Waals surface area contributed by atoms with Crippen LogP contribution in [-0.4, -0.2) is 42.4 Å². The number of aromatic nitrogens is 2. The minimum atomic E-state index is -0.0115. The Balaban J connectivity index is 2.18. The third-order valence-electron chi connectivity index (χ3n) is 2.69. The summed E-state index contributed by atoms with van der Waals surface area (Å²) in [7, 11) is 1.65. The predicted molar refractivity (Wildman–Crippen MR) is 65.2 cm³/mol. The second-order valence-corrected chi connectivity index (χ2v) is 4.27. The summed E-state index contributed by atoms with van der Waals surface area (Å²) in [5.74, 6) is 0.719. The highest BCUT2D eigenvalue weighted by molar-refractivity contribution is 6.33. The van der Waals surface area contributed by atoms with E-state index in [-0.39, 0.29) is 18.1 Å². The molecule has 94 valence electrons. The lowest BCUT2D eigenvalue weighted by atomic mass is 10.2. The largest absolute Gasteiger partial charge is 0.377 e. The van der Waals surface area contributed by atoms with E-state index in [1.807, 2.05) is 0 Å². The van der Waals surface area contributed by atoms with Gasteiger partial charge in [-0.3, -0.25) is 0 Å². The van der Waals surface area contributed by atoms with Crippen LogP contribution < -0.4 is 11.1 Å². The Kier molecular flexibility index (Phi) is 3.66. The summed E-state index contributed by atoms with van der Waals surface area (Å²) in [4.78, 5) is 8.06. The Morgan fingerprint density at radius 1 is 1.47 bits per heavy atom. The van der Waals surface area contributed by atoms with Crippen molar-refractivity contribution in [2.75, 3.05) is 31.4 Å². The van der Waals surface area contributed by atoms with Gasteiger partial charge in [-0.1, -0.05) is 11.6 Å². The number of nitrogens with two attached hydrogens (primary N) is 1. The number of methoxy groups -OCH3 is 1. The Morgan fingerprint density at radius 3 is 2.94 bits per heavy atom. The monoisotopic (exact) mass is 258 g/mol. The third kappa shape index (κ3) is 2.59. The average Bonchev–Trinajstić information content (AvgIpc) is 2.72. The van der Waals surface area contributed by atoms with Gasteiger partial charge in [-0.05, 0) is 6.92 Å². The molecule has 1 fully saturated rings. The summed E-state index contributed by atoms with van der Waals surface area (Å²) in [5, 5.41) is 3.65. The average molecular weight is 259 g/mol. The van der Waals surface area contributed by atoms with Crippen LogP contribution in [0.2, 0.25) is 5.02 Å². The summed E-state index contributed by atoms with van der Waals surface area (Å²) in [6.45, 7) is 2.90. The van der Waals surface area contributed by atoms with Crippen molar-refractivity contribution in [2.45, 2.75) is 19.1 Å². The number of hydrogen-bond donors (Lipinski definition) is 2. The number of nitrogen functional groups attached to an aromatic ring is 1. The SMILES string of the molecule is CO[C@H]1COC[C@@H]1Nc1nc(N)nc(C)c1Cl. The second-order valence-electron chi connectivity index (χ2n) is 3.89. The molecule has 1 saturated heterocycles. The van der Waals surface area contributed by atoms with Crippen molar-refractivity contribution in [3.63, 3.8) is 0 Å². The maximum Gasteiger partial charge on any atom is 0.222 e. The van der Waals surface area contributed by atoms with Crippen molar-refractivity contribution in [2.24, 2.45) is 0 Å². The molecule has 2 heterocycles. The van der Waals surface area contributed by atoms with Crippen molar-refractivity contribution in [1.82, 2.24) is 9.97 Å². The van der Waals surface area contributed by atoms with Crippen molar-refractivity contribution in [3.05, 3.63) is 10.7 Å². The standard InChI is InChI=1S/C10H15ClN4O2/c1-5-8(11)9(15-10(12)13-5)14-6-3-17-4-7(6)16-2/h6-7H,3-4H2,1-2H3,(H3,12,13,14,15)/t6-,7-/m0/s1. The summed E-state index contributed by atoms with van der Waals surface area (Å²) in [6.07, 6.45) is -0.0115. The maximum atomic E-state index is 6.11. The van der Waals surface area contributed by atoms with E-state index < -0.39 is 0 Å². The van der Waals surface area contributed by atoms with Crippen LogP contribution in [0.4, 0.5) is 11.8 Å². The fourth-order valence-electron chi connectivity index (χ4n) is 1.75. The van der Waals surface area contributed by atoms with E-state index in [9.17, 15) is 0 Å². The normalized spacial score (nSPS) is 23.9. The van der Waals surface area contributed by atoms with Crippen LogP contribution in [-0.2, 0) is 9.47 Å². The van der Waals surface area contributed by atoms with E-state index in [0.717, 1.165) is 0 Å². The molecule has 0 amide bonds. The molecular formula is C10H15ClN4O2. The summed E-state index contributed by atoms with van der Waals surface area (Å²) in [5.41, 5.74) is 6.23. The lowest BCUT2D eigenvalue weighted by Gasteiger charge is -2.19. The molecule has 0 saturated carbocycles. The molecule has 0 radical (unpaired) electrons. The van der Waals surface area contributed by atoms with E-state index in [1.165, 1.54) is 0 Å². The quantitative estimate of drug-likeness (QED) is 0.836. The molecule has 0 unspecified atom stereocenters. The number of anilines is 2. The fourth-order valence-corrected chi connectivity index (χ4v) is 1.89. The van der Waals surface area contributed by atoms with Gasteiger partial charge in [0.05, 0.1) is 24.9 Å². The molecule has 6 nitrogen and oxygen atoms in total. The van der Waals surface area contributed by atoms with Gasteiger partial charge in [-0.2, -0.15) is 4.98 Å². The first kappa shape index (κ1) is 12.3. The van der Waals surface area contributed by atoms with Crippen LogP contribution in [0.25, 0.3) is 0 Å². The summed E-state index contributed by atoms with van der Waals surface area (Å²) >= 11 is 6.11. The van der Waals surface area contributed by atoms with E-state index >= 15 is 0 Å². The third-order valence-corrected chi connectivity index (χ3v) is 3.14. The van der Waals surface area contributed by atoms with Crippen molar-refractivity contribution >= 4 is 23.4 Å². The van der Waals surface area contributed by atoms with Gasteiger partial charge in [-0.25, -0.2) is 4.98 Å². The molecule has 0 bridgehead atoms. The fraction of sp³-hybridized carbons (Fsp3) is 0.600. The first-order valence-electron chi connectivity index (χ1n) is 5.28. The van der Waals surface area contributed by atoms with E-state index in [2.05, 4.69) is 15.3 Å². The van der Waals surface area contributed by atoms with Gasteiger partial charge in [0, 0.05) is 7.11 Å². The first-order chi connectivity index (χ1) is 8.11. The lowest BCUT2D eigenvalue weighted by molar-refractivity contribution is 0.0795. The lowest BCUT2D eigenvalue weighted by Crippen LogP contribution is -2.34. The molecule has 2 atom stereocenters. The highest BCUT2D eigenvalue weighted by atomic mass is 35.5. The van der Waals surface area contributed by atoms with Crippen LogP contribution in [0.3, 0.4) is 0 Å². The summed E-state index contributed by atoms with van der Waals surface area (Å²) in [6, 6.07) is 0.0196. The zero-order valence-corrected chi connectivity index (χ0v) is 10.5. The highest BCUT2D eigenvalue weighted by Crippen LogP contribution is 2.25. The van der Waals surface area contributed by atoms with Gasteiger partial charge in [0.1, 0.15) is 11.1 Å². The number of halogens is 1. The van der Waals surface area contributed by atoms with Crippen molar-refractivity contribution < 1.29 is 9.47 Å². The van der Waals surface area contributed by atoms with E-state index in [4.69, 9.17) is 26.8 Å². The predicted octanol–water partition coefficient (Wildman–Crippen LogP) is 0.846. The molecule has 0 spiro atoms. The smallest absolute Gasteiger partial charge is 0.222 e. The minimum Gasteiger partial charge on any atom is -0.377 e. The number of nitrogens with one attached hydrogen (secondary N) is 1. The van der Waals surface area contributed by atoms with Gasteiger partial charge in [0.15, 0.2) is 5.82 Å². The zero-order valence-electron chi connectivity index (χ0n) is 9.74. The minimum absolute atomic E-state index is 0.0115. The molecule has 2 rings (SSSR count). The molecule has 1 aliphatic rings. The molecule has 1 aromatic rings. The number of nitrogens with zero attached hydrogens (tertiary/aromatic N) is 2. The van der Waals surface area contributed by atoms with E-state index in [0.29, 0.717) is 29.7 Å². The van der Waals surface area contributed by atoms with Crippen LogP contribution in [0, 0.1) is 6.92 Å². The number of rotatable bonds is 3. The molecular weight excluding hydrogens is 244 g/mol. The van der Waals surface area contributed by atoms with Crippen molar-refractivity contribution in [3.8, 4) is 0 Å². The van der Waals surface area contributed by atoms with Crippen LogP contribution >= 0.6 is 11.6 Å². The Morgan fingerprint density at radius 2 is 2.24 bits per heavy atom. The molecule has 0 aromatic carbocycles. The maximum absolute atomic E-state index is 6.11. The van der Waals surface area contributed by atoms with Gasteiger partial charge in [-0.15, -0.1) is 0 Å². The van der Waals surface area contributed by atoms with Gasteiger partial charge in [0.25, 0.3) is 0 Å². The Bertz CT molecular complexity index is 416. The topological polar surface area (TPSA) is 82.3 Å². The van der Waals surface area contributed by atoms with Crippen molar-refractivity contribution in [1.29, 1.82) is 0 Å². The van der Waals surface area contributed by atoms with Gasteiger partial charge in [0.2, 0.25) is 5.95 Å². The molecule has 7 heteroatoms. The van der Waals surface area contributed by atoms with Crippen LogP contribution in [0.1, 0.15) is 5.69 Å². The van der Waals surface area contributed by atoms with Crippen LogP contribution in [0.5, 0.6) is 0 Å². The highest BCUT2D eigenvalue weighted by Gasteiger charge is 2.29. The van der Waals surface area contributed by atoms with E-state index in [1.54, 1.807) is 14.0 Å². The molecule has 17 heavy (non-hydrogen) atoms. The first-order valence-corrected chi connectivity index (χ1v) is 5.66. The molecule has 1 aliphatic heterocycles. The second kappa shape index (κ2) is 5.03. The Hall–Kier alpha value is -1.11. The van der Waals surface area contributed by atoms with Gasteiger partial charge < -0.3 is 20.5 Å². The number of ether oxygens (including phenoxy) is 2. The van der Waals surface area contributed by atoms with Crippen LogP contribution in [0.15, 0.2) is 0 Å². The molecule has 1 aromatic heterocycles.